The van der Waals surface area contributed by atoms with Gasteiger partial charge < -0.3 is 19.3 Å². The second kappa shape index (κ2) is 15.9. The van der Waals surface area contributed by atoms with E-state index in [0.29, 0.717) is 31.6 Å². The van der Waals surface area contributed by atoms with Crippen molar-refractivity contribution in [1.29, 1.82) is 0 Å². The highest BCUT2D eigenvalue weighted by Gasteiger charge is 2.27. The third-order valence-corrected chi connectivity index (χ3v) is 7.18. The van der Waals surface area contributed by atoms with Crippen molar-refractivity contribution in [2.75, 3.05) is 26.3 Å². The van der Waals surface area contributed by atoms with Gasteiger partial charge in [-0.2, -0.15) is 0 Å². The minimum Gasteiger partial charge on any atom is -0.491 e. The van der Waals surface area contributed by atoms with E-state index in [-0.39, 0.29) is 36.6 Å². The molecule has 0 radical (unpaired) electrons. The molecule has 3 rings (SSSR count). The first-order chi connectivity index (χ1) is 19.2. The van der Waals surface area contributed by atoms with E-state index in [1.54, 1.807) is 19.9 Å². The molecule has 0 amide bonds. The van der Waals surface area contributed by atoms with Gasteiger partial charge in [-0.3, -0.25) is 9.69 Å². The van der Waals surface area contributed by atoms with E-state index >= 15 is 0 Å². The molecule has 6 nitrogen and oxygen atoms in total. The molecule has 0 aromatic heterocycles. The van der Waals surface area contributed by atoms with Gasteiger partial charge in [0.05, 0.1) is 31.5 Å². The molecule has 1 heterocycles. The van der Waals surface area contributed by atoms with Crippen molar-refractivity contribution in [3.05, 3.63) is 70.5 Å². The Morgan fingerprint density at radius 1 is 1.20 bits per heavy atom. The summed E-state index contributed by atoms with van der Waals surface area (Å²) in [6.07, 6.45) is 6.88. The second-order valence-corrected chi connectivity index (χ2v) is 10.9. The maximum absolute atomic E-state index is 14.0. The highest BCUT2D eigenvalue weighted by molar-refractivity contribution is 5.69. The third kappa shape index (κ3) is 10.0. The van der Waals surface area contributed by atoms with Gasteiger partial charge in [0, 0.05) is 19.0 Å². The molecule has 0 aliphatic carbocycles. The quantitative estimate of drug-likeness (QED) is 0.256. The predicted molar refractivity (Wildman–Crippen MR) is 157 cm³/mol. The van der Waals surface area contributed by atoms with E-state index in [1.165, 1.54) is 0 Å². The number of aliphatic hydroxyl groups is 1. The number of carbonyl (C=O) groups is 1. The Bertz CT molecular complexity index is 1120. The number of nitrogens with zero attached hydrogens (tertiary/aromatic N) is 1. The summed E-state index contributed by atoms with van der Waals surface area (Å²) in [7, 11) is 0. The van der Waals surface area contributed by atoms with Crippen LogP contribution in [0, 0.1) is 12.7 Å². The summed E-state index contributed by atoms with van der Waals surface area (Å²) >= 11 is 0. The normalized spacial score (nSPS) is 17.4. The number of hydrogen-bond acceptors (Lipinski definition) is 6. The number of esters is 1. The average molecular weight is 556 g/mol. The number of rotatable bonds is 15. The summed E-state index contributed by atoms with van der Waals surface area (Å²) in [5.74, 6) is 0.391. The van der Waals surface area contributed by atoms with Crippen LogP contribution in [0.25, 0.3) is 6.08 Å². The largest absolute Gasteiger partial charge is 0.491 e. The molecule has 220 valence electrons. The highest BCUT2D eigenvalue weighted by atomic mass is 19.1. The molecule has 0 unspecified atom stereocenters. The zero-order chi connectivity index (χ0) is 29.1. The lowest BCUT2D eigenvalue weighted by Gasteiger charge is -2.28. The van der Waals surface area contributed by atoms with Crippen molar-refractivity contribution in [2.24, 2.45) is 0 Å². The van der Waals surface area contributed by atoms with Crippen LogP contribution < -0.4 is 4.74 Å². The van der Waals surface area contributed by atoms with Crippen LogP contribution in [-0.2, 0) is 20.7 Å². The van der Waals surface area contributed by atoms with E-state index in [9.17, 15) is 14.3 Å². The van der Waals surface area contributed by atoms with Crippen LogP contribution in [0.1, 0.15) is 81.7 Å². The highest BCUT2D eigenvalue weighted by Crippen LogP contribution is 2.28. The van der Waals surface area contributed by atoms with Gasteiger partial charge in [-0.15, -0.1) is 0 Å². The number of hydrogen-bond donors (Lipinski definition) is 1. The Morgan fingerprint density at radius 2 is 2.00 bits per heavy atom. The van der Waals surface area contributed by atoms with E-state index in [0.717, 1.165) is 48.2 Å². The summed E-state index contributed by atoms with van der Waals surface area (Å²) in [6.45, 7) is 11.5. The molecule has 7 heteroatoms. The lowest BCUT2D eigenvalue weighted by atomic mass is 10.0. The summed E-state index contributed by atoms with van der Waals surface area (Å²) in [6, 6.07) is 11.7. The molecule has 3 atom stereocenters. The van der Waals surface area contributed by atoms with E-state index < -0.39 is 6.10 Å². The van der Waals surface area contributed by atoms with Gasteiger partial charge >= 0.3 is 5.97 Å². The number of aliphatic hydroxyl groups excluding tert-OH is 1. The lowest BCUT2D eigenvalue weighted by Crippen LogP contribution is -2.39. The Kier molecular flexibility index (Phi) is 12.6. The number of carbonyl (C=O) groups excluding carboxylic acids is 1. The second-order valence-electron chi connectivity index (χ2n) is 10.9. The van der Waals surface area contributed by atoms with Gasteiger partial charge in [-0.1, -0.05) is 30.4 Å². The number of likely N-dealkylation sites (tertiary alicyclic amines) is 1. The summed E-state index contributed by atoms with van der Waals surface area (Å²) < 4.78 is 31.1. The number of halogens is 1. The fraction of sp³-hybridized carbons (Fsp3) is 0.545. The smallest absolute Gasteiger partial charge is 0.306 e. The van der Waals surface area contributed by atoms with Crippen LogP contribution in [0.4, 0.5) is 4.39 Å². The van der Waals surface area contributed by atoms with Crippen molar-refractivity contribution >= 4 is 12.0 Å². The number of allylic oxidation sites excluding steroid dienone is 1. The van der Waals surface area contributed by atoms with Gasteiger partial charge in [0.2, 0.25) is 0 Å². The van der Waals surface area contributed by atoms with Crippen LogP contribution in [-0.4, -0.2) is 60.5 Å². The molecule has 1 aliphatic rings. The molecule has 40 heavy (non-hydrogen) atoms. The zero-order valence-corrected chi connectivity index (χ0v) is 24.7. The first-order valence-corrected chi connectivity index (χ1v) is 14.6. The summed E-state index contributed by atoms with van der Waals surface area (Å²) in [4.78, 5) is 13.9. The van der Waals surface area contributed by atoms with Gasteiger partial charge in [-0.05, 0) is 107 Å². The molecule has 1 N–H and O–H groups in total. The molecule has 1 aliphatic heterocycles. The number of β-amino-alcohol motifs (C(OH)–C–C–N with tert-alkyl or cyclic N) is 1. The Balaban J connectivity index is 1.59. The molecular weight excluding hydrogens is 509 g/mol. The topological polar surface area (TPSA) is 68.2 Å². The Hall–Kier alpha value is -2.74. The van der Waals surface area contributed by atoms with Crippen molar-refractivity contribution in [1.82, 2.24) is 4.90 Å². The van der Waals surface area contributed by atoms with Crippen molar-refractivity contribution in [2.45, 2.75) is 91.1 Å². The van der Waals surface area contributed by atoms with E-state index in [2.05, 4.69) is 4.90 Å². The van der Waals surface area contributed by atoms with Crippen LogP contribution >= 0.6 is 0 Å². The number of ether oxygens (including phenoxy) is 3. The molecule has 0 saturated carbocycles. The average Bonchev–Trinajstić information content (AvgIpc) is 3.33. The van der Waals surface area contributed by atoms with E-state index in [1.807, 2.05) is 63.3 Å². The van der Waals surface area contributed by atoms with Crippen molar-refractivity contribution in [3.63, 3.8) is 0 Å². The molecule has 1 fully saturated rings. The lowest BCUT2D eigenvalue weighted by molar-refractivity contribution is -0.143. The first-order valence-electron chi connectivity index (χ1n) is 14.6. The monoisotopic (exact) mass is 555 g/mol. The van der Waals surface area contributed by atoms with Gasteiger partial charge in [0.1, 0.15) is 11.6 Å². The molecular formula is C33H46FNO5. The van der Waals surface area contributed by atoms with E-state index in [4.69, 9.17) is 14.2 Å². The molecule has 2 aromatic rings. The van der Waals surface area contributed by atoms with Crippen molar-refractivity contribution in [3.8, 4) is 5.75 Å². The molecule has 2 aromatic carbocycles. The summed E-state index contributed by atoms with van der Waals surface area (Å²) in [5.41, 5.74) is 3.58. The standard InChI is InChI=1S/C33H46FNO5/c1-6-38-33(37)12-8-7-10-27-15-16-30(40-23(2)3)20-31(27)25(5)39-22-29(36)21-35-17-9-11-28(35)18-26-14-13-24(4)32(34)19-26/h7,10,13-16,19-20,23,25,28-29,36H,6,8-9,11-12,17-18,21-22H2,1-5H3/b10-7+/t25-,28+,29-/m1/s1. The number of aryl methyl sites for hydroxylation is 1. The zero-order valence-electron chi connectivity index (χ0n) is 24.7. The SMILES string of the molecule is CCOC(=O)CC/C=C/c1ccc(OC(C)C)cc1[C@@H](C)OC[C@H](O)CN1CCC[C@H]1Cc1ccc(C)c(F)c1. The maximum Gasteiger partial charge on any atom is 0.306 e. The van der Waals surface area contributed by atoms with Crippen LogP contribution in [0.15, 0.2) is 42.5 Å². The fourth-order valence-corrected chi connectivity index (χ4v) is 5.12. The minimum absolute atomic E-state index is 0.0432. The Labute approximate surface area is 239 Å². The Morgan fingerprint density at radius 3 is 2.73 bits per heavy atom. The maximum atomic E-state index is 14.0. The minimum atomic E-state index is -0.642. The summed E-state index contributed by atoms with van der Waals surface area (Å²) in [5, 5.41) is 10.9. The van der Waals surface area contributed by atoms with Crippen molar-refractivity contribution < 1.29 is 28.5 Å². The van der Waals surface area contributed by atoms with Gasteiger partial charge in [0.25, 0.3) is 0 Å². The molecule has 0 bridgehead atoms. The predicted octanol–water partition coefficient (Wildman–Crippen LogP) is 6.42. The van der Waals surface area contributed by atoms with Crippen LogP contribution in [0.5, 0.6) is 5.75 Å². The third-order valence-electron chi connectivity index (χ3n) is 7.18. The van der Waals surface area contributed by atoms with Crippen LogP contribution in [0.3, 0.4) is 0 Å². The van der Waals surface area contributed by atoms with Gasteiger partial charge in [-0.25, -0.2) is 4.39 Å². The first kappa shape index (κ1) is 31.8. The molecule has 0 spiro atoms. The number of benzene rings is 2. The van der Waals surface area contributed by atoms with Crippen LogP contribution in [0.2, 0.25) is 0 Å². The molecule has 1 saturated heterocycles. The van der Waals surface area contributed by atoms with Gasteiger partial charge in [0.15, 0.2) is 0 Å². The fourth-order valence-electron chi connectivity index (χ4n) is 5.12.